The smallest absolute Gasteiger partial charge is 0.219 e. The third-order valence-corrected chi connectivity index (χ3v) is 8.53. The summed E-state index contributed by atoms with van der Waals surface area (Å²) in [5.74, 6) is 216. The lowest BCUT2D eigenvalue weighted by atomic mass is 10.2. The van der Waals surface area contributed by atoms with Crippen LogP contribution in [-0.4, -0.2) is 50.3 Å². The predicted molar refractivity (Wildman–Crippen MR) is 464 cm³/mol. The molecule has 2 rings (SSSR count). The molecule has 0 radical (unpaired) electrons. The maximum Gasteiger partial charge on any atom is 0.219 e. The van der Waals surface area contributed by atoms with Crippen molar-refractivity contribution in [1.82, 2.24) is 4.90 Å². The molecule has 0 atom stereocenters. The molecule has 1 fully saturated rings. The average Bonchev–Trinajstić information content (AvgIpc) is 0.954. The Kier molecular flexibility index (Phi) is 87.3. The summed E-state index contributed by atoms with van der Waals surface area (Å²) >= 11 is 0. The number of benzene rings is 1. The molecule has 0 aromatic heterocycles. The third-order valence-electron chi connectivity index (χ3n) is 8.53. The van der Waals surface area contributed by atoms with Crippen molar-refractivity contribution in [3.8, 4) is 534 Å². The minimum atomic E-state index is 0.151. The van der Waals surface area contributed by atoms with Crippen molar-refractivity contribution in [2.45, 2.75) is 54.6 Å². The van der Waals surface area contributed by atoms with Gasteiger partial charge in [-0.05, 0) is 330 Å². The fraction of sp³-hybridized carbons (Fsp3) is 0.126. The third kappa shape index (κ3) is 101. The van der Waals surface area contributed by atoms with E-state index in [9.17, 15) is 4.79 Å². The van der Waals surface area contributed by atoms with E-state index < -0.39 is 0 Å². The zero-order valence-electron chi connectivity index (χ0n) is 63.0. The van der Waals surface area contributed by atoms with Crippen LogP contribution in [0.15, 0.2) is 30.3 Å². The second kappa shape index (κ2) is 100. The summed E-state index contributed by atoms with van der Waals surface area (Å²) in [5.41, 5.74) is 6.27. The molecule has 1 aliphatic heterocycles. The molecule has 2 N–H and O–H groups in total. The standard InChI is InChI=1S/C32H6.C31H4.C30H2.C9H12O.C6H11NO2.C3H9N/c1-3-5-7-9-11-13-15-17-19-21-23-25-27-29-31-32-30-28-26-24-22-20-18-16-14-12-10-8-6-4-2;1-3-5-7-9-11-13-15-17-19-21-23-25-27-29-31-30-28-26-24-22-20-18-16-14-12-10-8-6-4-2;1-3-5-7-9-11-13-15-17-19-21-23-25-27-29-30-28-26-24-22-20-18-16-14-12-10-8-6-4-2;1-2-10-8-9-6-4-3-5-7-9;1-6(8)7-2-4-9-5-3-7;1-2-3-4/h1-2H3;1H,2H3;1-2H;3-7H,2,8H2,1H3;2-5H2,1H3;2-4H2,1H3. The van der Waals surface area contributed by atoms with Gasteiger partial charge in [0, 0.05) is 240 Å². The maximum absolute atomic E-state index is 10.7. The highest BCUT2D eigenvalue weighted by molar-refractivity contribution is 5.73. The lowest BCUT2D eigenvalue weighted by molar-refractivity contribution is -0.132. The number of carbonyl (C=O) groups is 1. The van der Waals surface area contributed by atoms with E-state index in [1.807, 2.05) is 25.1 Å². The van der Waals surface area contributed by atoms with Gasteiger partial charge in [-0.25, -0.2) is 0 Å². The zero-order valence-corrected chi connectivity index (χ0v) is 63.0. The number of nitrogens with two attached hydrogens (primary N) is 1. The Morgan fingerprint density at radius 1 is 0.302 bits per heavy atom. The highest BCUT2D eigenvalue weighted by Crippen LogP contribution is 1.99. The van der Waals surface area contributed by atoms with Crippen LogP contribution in [0.25, 0.3) is 0 Å². The van der Waals surface area contributed by atoms with E-state index >= 15 is 0 Å². The molecule has 0 bridgehead atoms. The summed E-state index contributed by atoms with van der Waals surface area (Å²) in [6.45, 7) is 16.0. The molecule has 5 nitrogen and oxygen atoms in total. The van der Waals surface area contributed by atoms with Crippen LogP contribution in [0.4, 0.5) is 0 Å². The van der Waals surface area contributed by atoms with Gasteiger partial charge in [-0.15, -0.1) is 19.3 Å². The lowest BCUT2D eigenvalue weighted by Crippen LogP contribution is -2.39. The molecule has 0 saturated carbocycles. The molecular weight excluding hydrogens is 1410 g/mol. The van der Waals surface area contributed by atoms with Crippen molar-refractivity contribution < 1.29 is 14.3 Å². The Morgan fingerprint density at radius 2 is 0.457 bits per heavy atom. The number of hydrogen-bond donors (Lipinski definition) is 1. The van der Waals surface area contributed by atoms with E-state index in [4.69, 9.17) is 34.5 Å². The van der Waals surface area contributed by atoms with Crippen LogP contribution in [0.1, 0.15) is 53.5 Å². The Balaban J connectivity index is -0.000000708. The molecule has 1 aromatic rings. The van der Waals surface area contributed by atoms with Crippen molar-refractivity contribution in [1.29, 1.82) is 0 Å². The average molecular weight is 1450 g/mol. The molecule has 0 spiro atoms. The first-order valence-corrected chi connectivity index (χ1v) is 31.7. The highest BCUT2D eigenvalue weighted by atomic mass is 16.5. The molecule has 0 aliphatic carbocycles. The van der Waals surface area contributed by atoms with Gasteiger partial charge in [-0.1, -0.05) is 55.0 Å². The first-order valence-electron chi connectivity index (χ1n) is 31.7. The van der Waals surface area contributed by atoms with Crippen LogP contribution >= 0.6 is 0 Å². The van der Waals surface area contributed by atoms with Gasteiger partial charge < -0.3 is 20.1 Å². The van der Waals surface area contributed by atoms with E-state index in [-0.39, 0.29) is 5.91 Å². The fourth-order valence-corrected chi connectivity index (χ4v) is 4.31. The van der Waals surface area contributed by atoms with Gasteiger partial charge in [0.2, 0.25) is 5.91 Å². The quantitative estimate of drug-likeness (QED) is 0.452. The van der Waals surface area contributed by atoms with E-state index in [0.29, 0.717) is 13.2 Å². The SMILES string of the molecule is C#CC#CC#CC#CC#CC#CC#CC#CC#CC#CC#CC#CC#CC#CC#C.C#CC#CC#CC#CC#CC#CC#CC#CC#CC#CC#CC#CC#CC#CC#CC.CC#CC#CC#CC#CC#CC#CC#CC#CC#CC#CC#CC#CC#CC#CC#CC.CC(=O)N1CCOCC1.CCCN.CCOCc1ccccc1. The Morgan fingerprint density at radius 3 is 0.578 bits per heavy atom. The number of hydrogen-bond acceptors (Lipinski definition) is 4. The summed E-state index contributed by atoms with van der Waals surface area (Å²) in [7, 11) is 0. The molecule has 516 valence electrons. The topological polar surface area (TPSA) is 64.8 Å². The molecule has 5 heteroatoms. The van der Waals surface area contributed by atoms with Gasteiger partial charge in [0.15, 0.2) is 0 Å². The number of nitrogens with zero attached hydrogens (tertiary/aromatic N) is 1. The number of morpholine rings is 1. The molecule has 1 amide bonds. The zero-order chi connectivity index (χ0) is 84.9. The normalized spacial score (nSPS) is 5.74. The number of terminal acetylenes is 3. The van der Waals surface area contributed by atoms with Crippen molar-refractivity contribution >= 4 is 5.91 Å². The minimum Gasteiger partial charge on any atom is -0.378 e. The Labute approximate surface area is 690 Å². The van der Waals surface area contributed by atoms with Crippen LogP contribution in [0.5, 0.6) is 0 Å². The van der Waals surface area contributed by atoms with E-state index in [0.717, 1.165) is 39.3 Å². The fourth-order valence-electron chi connectivity index (χ4n) is 4.31. The molecular formula is C111H44N2O3. The van der Waals surface area contributed by atoms with Crippen LogP contribution in [0.3, 0.4) is 0 Å². The van der Waals surface area contributed by atoms with Crippen molar-refractivity contribution in [3.05, 3.63) is 35.9 Å². The Bertz CT molecular complexity index is 6710. The van der Waals surface area contributed by atoms with E-state index in [1.165, 1.54) is 5.56 Å². The van der Waals surface area contributed by atoms with Crippen LogP contribution in [-0.2, 0) is 20.9 Å². The number of amides is 1. The van der Waals surface area contributed by atoms with Crippen LogP contribution < -0.4 is 5.73 Å². The second-order valence-electron chi connectivity index (χ2n) is 16.3. The summed E-state index contributed by atoms with van der Waals surface area (Å²) < 4.78 is 10.3. The maximum atomic E-state index is 10.7. The summed E-state index contributed by atoms with van der Waals surface area (Å²) in [4.78, 5) is 12.5. The van der Waals surface area contributed by atoms with E-state index in [2.05, 4.69) is 534 Å². The molecule has 0 unspecified atom stereocenters. The van der Waals surface area contributed by atoms with E-state index in [1.54, 1.807) is 32.6 Å². The largest absolute Gasteiger partial charge is 0.378 e. The summed E-state index contributed by atoms with van der Waals surface area (Å²) in [5, 5.41) is 0. The lowest BCUT2D eigenvalue weighted by Gasteiger charge is -2.25. The summed E-state index contributed by atoms with van der Waals surface area (Å²) in [6.07, 6.45) is 15.9. The van der Waals surface area contributed by atoms with Gasteiger partial charge in [0.25, 0.3) is 0 Å². The van der Waals surface area contributed by atoms with Gasteiger partial charge >= 0.3 is 0 Å². The number of carbonyl (C=O) groups excluding carboxylic acids is 1. The monoisotopic (exact) mass is 1450 g/mol. The van der Waals surface area contributed by atoms with Gasteiger partial charge in [-0.2, -0.15) is 0 Å². The molecule has 116 heavy (non-hydrogen) atoms. The van der Waals surface area contributed by atoms with Gasteiger partial charge in [0.1, 0.15) is 0 Å². The first kappa shape index (κ1) is 101. The van der Waals surface area contributed by atoms with Crippen molar-refractivity contribution in [2.24, 2.45) is 5.73 Å². The first-order chi connectivity index (χ1) is 57.4. The summed E-state index contributed by atoms with van der Waals surface area (Å²) in [6, 6.07) is 10.2. The van der Waals surface area contributed by atoms with Crippen LogP contribution in [0.2, 0.25) is 0 Å². The predicted octanol–water partition coefficient (Wildman–Crippen LogP) is 4.50. The Hall–Kier alpha value is -21.2. The second-order valence-corrected chi connectivity index (χ2v) is 16.3. The van der Waals surface area contributed by atoms with Crippen LogP contribution in [0, 0.1) is 534 Å². The highest BCUT2D eigenvalue weighted by Gasteiger charge is 2.11. The molecule has 1 saturated heterocycles. The van der Waals surface area contributed by atoms with Crippen molar-refractivity contribution in [2.75, 3.05) is 39.5 Å². The van der Waals surface area contributed by atoms with Gasteiger partial charge in [0.05, 0.1) is 19.8 Å². The molecule has 1 aliphatic rings. The number of rotatable bonds is 4. The van der Waals surface area contributed by atoms with Crippen molar-refractivity contribution in [3.63, 3.8) is 0 Å². The minimum absolute atomic E-state index is 0.151. The number of ether oxygens (including phenoxy) is 2. The van der Waals surface area contributed by atoms with Gasteiger partial charge in [-0.3, -0.25) is 4.79 Å². The molecule has 1 aromatic carbocycles. The molecule has 1 heterocycles.